The first-order valence-electron chi connectivity index (χ1n) is 8.14. The van der Waals surface area contributed by atoms with E-state index in [1.54, 1.807) is 15.7 Å². The van der Waals surface area contributed by atoms with Crippen molar-refractivity contribution in [3.8, 4) is 0 Å². The van der Waals surface area contributed by atoms with Crippen LogP contribution in [0.1, 0.15) is 32.6 Å². The van der Waals surface area contributed by atoms with Gasteiger partial charge in [0, 0.05) is 26.2 Å². The van der Waals surface area contributed by atoms with E-state index in [2.05, 4.69) is 11.8 Å². The lowest BCUT2D eigenvalue weighted by atomic mass is 10.0. The lowest BCUT2D eigenvalue weighted by Gasteiger charge is -2.39. The number of hydrogen-bond acceptors (Lipinski definition) is 4. The Balaban J connectivity index is 1.98. The number of rotatable bonds is 5. The largest absolute Gasteiger partial charge is 0.330 e. The van der Waals surface area contributed by atoms with E-state index >= 15 is 0 Å². The van der Waals surface area contributed by atoms with Gasteiger partial charge in [-0.05, 0) is 57.8 Å². The van der Waals surface area contributed by atoms with E-state index in [-0.39, 0.29) is 6.04 Å². The molecule has 0 aliphatic carbocycles. The number of nitrogens with two attached hydrogens (primary N) is 1. The molecule has 0 bridgehead atoms. The number of nitrogens with zero attached hydrogens (tertiary/aromatic N) is 3. The minimum absolute atomic E-state index is 0.135. The maximum absolute atomic E-state index is 12.8. The summed E-state index contributed by atoms with van der Waals surface area (Å²) >= 11 is 0. The molecular weight excluding hydrogens is 288 g/mol. The highest BCUT2D eigenvalue weighted by Crippen LogP contribution is 2.24. The lowest BCUT2D eigenvalue weighted by Crippen LogP contribution is -2.52. The van der Waals surface area contributed by atoms with Gasteiger partial charge >= 0.3 is 0 Å². The van der Waals surface area contributed by atoms with Crippen molar-refractivity contribution in [3.05, 3.63) is 0 Å². The zero-order valence-electron chi connectivity index (χ0n) is 13.4. The van der Waals surface area contributed by atoms with Crippen molar-refractivity contribution in [1.29, 1.82) is 0 Å². The Morgan fingerprint density at radius 2 is 1.86 bits per heavy atom. The molecule has 7 heteroatoms. The summed E-state index contributed by atoms with van der Waals surface area (Å²) in [5.74, 6) is 0.309. The van der Waals surface area contributed by atoms with Crippen LogP contribution in [0.2, 0.25) is 0 Å². The highest BCUT2D eigenvalue weighted by Gasteiger charge is 2.35. The molecule has 0 spiro atoms. The first kappa shape index (κ1) is 17.1. The van der Waals surface area contributed by atoms with Crippen LogP contribution >= 0.6 is 0 Å². The summed E-state index contributed by atoms with van der Waals surface area (Å²) in [6.45, 7) is 6.98. The van der Waals surface area contributed by atoms with Gasteiger partial charge in [-0.2, -0.15) is 17.0 Å². The second-order valence-corrected chi connectivity index (χ2v) is 8.28. The van der Waals surface area contributed by atoms with Gasteiger partial charge in [0.25, 0.3) is 10.2 Å². The minimum atomic E-state index is -3.34. The molecule has 0 radical (unpaired) electrons. The Morgan fingerprint density at radius 1 is 1.19 bits per heavy atom. The summed E-state index contributed by atoms with van der Waals surface area (Å²) in [6, 6.07) is 0.135. The lowest BCUT2D eigenvalue weighted by molar-refractivity contribution is 0.167. The fourth-order valence-electron chi connectivity index (χ4n) is 3.40. The van der Waals surface area contributed by atoms with Crippen molar-refractivity contribution in [2.24, 2.45) is 11.7 Å². The average Bonchev–Trinajstić information content (AvgIpc) is 2.54. The quantitative estimate of drug-likeness (QED) is 0.792. The summed E-state index contributed by atoms with van der Waals surface area (Å²) < 4.78 is 28.8. The van der Waals surface area contributed by atoms with Crippen LogP contribution in [-0.4, -0.2) is 74.3 Å². The zero-order valence-corrected chi connectivity index (χ0v) is 14.2. The van der Waals surface area contributed by atoms with E-state index < -0.39 is 10.2 Å². The second kappa shape index (κ2) is 7.37. The predicted molar refractivity (Wildman–Crippen MR) is 85.2 cm³/mol. The molecule has 2 saturated heterocycles. The molecular formula is C14H30N4O2S. The van der Waals surface area contributed by atoms with Crippen molar-refractivity contribution < 1.29 is 8.42 Å². The van der Waals surface area contributed by atoms with Crippen LogP contribution in [0.4, 0.5) is 0 Å². The topological polar surface area (TPSA) is 69.9 Å². The first-order chi connectivity index (χ1) is 9.98. The Hall–Kier alpha value is -0.210. The molecule has 0 aromatic rings. The maximum Gasteiger partial charge on any atom is 0.281 e. The fraction of sp³-hybridized carbons (Fsp3) is 1.00. The van der Waals surface area contributed by atoms with Crippen LogP contribution in [-0.2, 0) is 10.2 Å². The summed E-state index contributed by atoms with van der Waals surface area (Å²) in [7, 11) is -1.59. The Morgan fingerprint density at radius 3 is 2.43 bits per heavy atom. The third kappa shape index (κ3) is 3.96. The van der Waals surface area contributed by atoms with E-state index in [0.717, 1.165) is 45.3 Å². The molecule has 2 rings (SSSR count). The van der Waals surface area contributed by atoms with Crippen LogP contribution in [0.15, 0.2) is 0 Å². The third-order valence-corrected chi connectivity index (χ3v) is 7.03. The normalized spacial score (nSPS) is 27.3. The number of piperidine rings is 2. The van der Waals surface area contributed by atoms with Gasteiger partial charge < -0.3 is 10.6 Å². The van der Waals surface area contributed by atoms with Crippen LogP contribution in [0.5, 0.6) is 0 Å². The van der Waals surface area contributed by atoms with Crippen molar-refractivity contribution in [2.75, 3.05) is 46.3 Å². The van der Waals surface area contributed by atoms with Gasteiger partial charge in [0.15, 0.2) is 0 Å². The average molecular weight is 318 g/mol. The zero-order chi connectivity index (χ0) is 15.5. The van der Waals surface area contributed by atoms with E-state index in [4.69, 9.17) is 5.73 Å². The number of likely N-dealkylation sites (tertiary alicyclic amines) is 1. The van der Waals surface area contributed by atoms with E-state index in [1.807, 2.05) is 0 Å². The molecule has 2 heterocycles. The summed E-state index contributed by atoms with van der Waals surface area (Å²) in [4.78, 5) is 2.38. The minimum Gasteiger partial charge on any atom is -0.330 e. The molecule has 21 heavy (non-hydrogen) atoms. The van der Waals surface area contributed by atoms with Crippen molar-refractivity contribution in [3.63, 3.8) is 0 Å². The van der Waals surface area contributed by atoms with Gasteiger partial charge in [0.1, 0.15) is 0 Å². The third-order valence-electron chi connectivity index (χ3n) is 5.02. The molecule has 2 aliphatic heterocycles. The van der Waals surface area contributed by atoms with Crippen LogP contribution < -0.4 is 5.73 Å². The summed E-state index contributed by atoms with van der Waals surface area (Å²) in [5, 5.41) is 0. The molecule has 124 valence electrons. The monoisotopic (exact) mass is 318 g/mol. The Labute approximate surface area is 129 Å². The maximum atomic E-state index is 12.8. The SMILES string of the molecule is CCN1CCC(N(C)S(=O)(=O)N2CCCC(CN)C2)CC1. The molecule has 6 nitrogen and oxygen atoms in total. The van der Waals surface area contributed by atoms with E-state index in [1.165, 1.54) is 0 Å². The fourth-order valence-corrected chi connectivity index (χ4v) is 5.11. The predicted octanol–water partition coefficient (Wildman–Crippen LogP) is 0.318. The van der Waals surface area contributed by atoms with Crippen LogP contribution in [0, 0.1) is 5.92 Å². The van der Waals surface area contributed by atoms with Crippen molar-refractivity contribution in [1.82, 2.24) is 13.5 Å². The van der Waals surface area contributed by atoms with Crippen LogP contribution in [0.25, 0.3) is 0 Å². The highest BCUT2D eigenvalue weighted by atomic mass is 32.2. The molecule has 2 fully saturated rings. The molecule has 0 aromatic carbocycles. The molecule has 0 aromatic heterocycles. The summed E-state index contributed by atoms with van der Waals surface area (Å²) in [5.41, 5.74) is 5.72. The van der Waals surface area contributed by atoms with E-state index in [9.17, 15) is 8.42 Å². The summed E-state index contributed by atoms with van der Waals surface area (Å²) in [6.07, 6.45) is 3.82. The second-order valence-electron chi connectivity index (χ2n) is 6.29. The van der Waals surface area contributed by atoms with Crippen LogP contribution in [0.3, 0.4) is 0 Å². The molecule has 1 atom stereocenters. The highest BCUT2D eigenvalue weighted by molar-refractivity contribution is 7.86. The first-order valence-corrected chi connectivity index (χ1v) is 9.54. The van der Waals surface area contributed by atoms with Crippen molar-refractivity contribution >= 4 is 10.2 Å². The Kier molecular flexibility index (Phi) is 6.02. The standard InChI is InChI=1S/C14H30N4O2S/c1-3-17-9-6-14(7-10-17)16(2)21(19,20)18-8-4-5-13(11-15)12-18/h13-14H,3-12,15H2,1-2H3. The van der Waals surface area contributed by atoms with Gasteiger partial charge in [-0.15, -0.1) is 0 Å². The van der Waals surface area contributed by atoms with Gasteiger partial charge in [-0.1, -0.05) is 6.92 Å². The van der Waals surface area contributed by atoms with E-state index in [0.29, 0.717) is 25.6 Å². The number of hydrogen-bond donors (Lipinski definition) is 1. The molecule has 0 saturated carbocycles. The molecule has 0 amide bonds. The van der Waals surface area contributed by atoms with Gasteiger partial charge in [0.05, 0.1) is 0 Å². The molecule has 1 unspecified atom stereocenters. The smallest absolute Gasteiger partial charge is 0.281 e. The van der Waals surface area contributed by atoms with Crippen molar-refractivity contribution in [2.45, 2.75) is 38.6 Å². The molecule has 2 aliphatic rings. The Bertz CT molecular complexity index is 421. The molecule has 2 N–H and O–H groups in total. The van der Waals surface area contributed by atoms with Gasteiger partial charge in [-0.3, -0.25) is 0 Å². The van der Waals surface area contributed by atoms with Gasteiger partial charge in [0.2, 0.25) is 0 Å². The van der Waals surface area contributed by atoms with Gasteiger partial charge in [-0.25, -0.2) is 0 Å².